The number of fused-ring (bicyclic) bond motifs is 2. The van der Waals surface area contributed by atoms with Crippen molar-refractivity contribution in [2.45, 2.75) is 13.3 Å². The number of phenolic OH excluding ortho intramolecular Hbond substituents is 1. The van der Waals surface area contributed by atoms with Crippen LogP contribution in [0.2, 0.25) is 0 Å². The minimum absolute atomic E-state index is 0.427. The van der Waals surface area contributed by atoms with Gasteiger partial charge in [0, 0.05) is 5.39 Å². The molecule has 3 aromatic carbocycles. The summed E-state index contributed by atoms with van der Waals surface area (Å²) in [4.78, 5) is 0. The van der Waals surface area contributed by atoms with E-state index >= 15 is 0 Å². The maximum Gasteiger partial charge on any atom is 0.126 e. The molecule has 0 spiro atoms. The number of hydrogen-bond donors (Lipinski definition) is 1. The zero-order valence-electron chi connectivity index (χ0n) is 9.77. The van der Waals surface area contributed by atoms with E-state index in [0.29, 0.717) is 5.75 Å². The molecule has 17 heavy (non-hydrogen) atoms. The van der Waals surface area contributed by atoms with Crippen LogP contribution in [-0.2, 0) is 6.42 Å². The Labute approximate surface area is 100 Å². The van der Waals surface area contributed by atoms with Crippen molar-refractivity contribution in [2.75, 3.05) is 0 Å². The Morgan fingerprint density at radius 1 is 0.882 bits per heavy atom. The van der Waals surface area contributed by atoms with E-state index in [1.807, 2.05) is 18.2 Å². The van der Waals surface area contributed by atoms with Crippen LogP contribution in [0.3, 0.4) is 0 Å². The van der Waals surface area contributed by atoms with Crippen LogP contribution in [0.1, 0.15) is 12.5 Å². The van der Waals surface area contributed by atoms with E-state index < -0.39 is 0 Å². The first-order valence-corrected chi connectivity index (χ1v) is 5.93. The third-order valence-corrected chi connectivity index (χ3v) is 3.32. The summed E-state index contributed by atoms with van der Waals surface area (Å²) in [5.74, 6) is 0.427. The highest BCUT2D eigenvalue weighted by atomic mass is 16.3. The molecule has 0 aliphatic rings. The Bertz CT molecular complexity index is 698. The highest BCUT2D eigenvalue weighted by Crippen LogP contribution is 2.32. The molecule has 0 unspecified atom stereocenters. The van der Waals surface area contributed by atoms with Gasteiger partial charge in [0.25, 0.3) is 0 Å². The van der Waals surface area contributed by atoms with Gasteiger partial charge >= 0.3 is 0 Å². The first kappa shape index (κ1) is 10.2. The van der Waals surface area contributed by atoms with Crippen molar-refractivity contribution in [3.8, 4) is 5.75 Å². The summed E-state index contributed by atoms with van der Waals surface area (Å²) in [6.45, 7) is 2.06. The van der Waals surface area contributed by atoms with Gasteiger partial charge < -0.3 is 5.11 Å². The molecule has 0 saturated heterocycles. The number of benzene rings is 3. The standard InChI is InChI=1S/C16H14O/c1-2-11-7-8-14-9-12-5-3-4-6-13(12)10-15(14)16(11)17/h3-10,17H,2H2,1H3. The molecular weight excluding hydrogens is 208 g/mol. The molecular formula is C16H14O. The molecule has 0 radical (unpaired) electrons. The molecule has 0 fully saturated rings. The highest BCUT2D eigenvalue weighted by Gasteiger charge is 2.05. The van der Waals surface area contributed by atoms with Crippen molar-refractivity contribution >= 4 is 21.5 Å². The fourth-order valence-corrected chi connectivity index (χ4v) is 2.33. The van der Waals surface area contributed by atoms with E-state index in [-0.39, 0.29) is 0 Å². The number of rotatable bonds is 1. The van der Waals surface area contributed by atoms with Crippen LogP contribution in [0, 0.1) is 0 Å². The van der Waals surface area contributed by atoms with Gasteiger partial charge in [0.05, 0.1) is 0 Å². The molecule has 0 aliphatic carbocycles. The number of aromatic hydroxyl groups is 1. The van der Waals surface area contributed by atoms with E-state index in [4.69, 9.17) is 0 Å². The minimum Gasteiger partial charge on any atom is -0.507 e. The quantitative estimate of drug-likeness (QED) is 0.610. The second kappa shape index (κ2) is 3.77. The van der Waals surface area contributed by atoms with Crippen molar-refractivity contribution in [3.63, 3.8) is 0 Å². The average molecular weight is 222 g/mol. The Kier molecular flexibility index (Phi) is 2.25. The summed E-state index contributed by atoms with van der Waals surface area (Å²) in [6.07, 6.45) is 0.856. The van der Waals surface area contributed by atoms with Gasteiger partial charge in [0.15, 0.2) is 0 Å². The molecule has 0 aliphatic heterocycles. The molecule has 0 bridgehead atoms. The van der Waals surface area contributed by atoms with E-state index in [1.165, 1.54) is 10.8 Å². The average Bonchev–Trinajstić information content (AvgIpc) is 2.37. The van der Waals surface area contributed by atoms with Gasteiger partial charge in [-0.25, -0.2) is 0 Å². The Morgan fingerprint density at radius 2 is 1.59 bits per heavy atom. The van der Waals surface area contributed by atoms with E-state index in [9.17, 15) is 5.11 Å². The summed E-state index contributed by atoms with van der Waals surface area (Å²) in [7, 11) is 0. The van der Waals surface area contributed by atoms with Crippen LogP contribution in [0.15, 0.2) is 48.5 Å². The molecule has 0 amide bonds. The Hall–Kier alpha value is -2.02. The van der Waals surface area contributed by atoms with Gasteiger partial charge in [-0.05, 0) is 40.3 Å². The third-order valence-electron chi connectivity index (χ3n) is 3.32. The first-order valence-electron chi connectivity index (χ1n) is 5.93. The summed E-state index contributed by atoms with van der Waals surface area (Å²) in [5.41, 5.74) is 1.01. The summed E-state index contributed by atoms with van der Waals surface area (Å²) < 4.78 is 0. The van der Waals surface area contributed by atoms with Crippen LogP contribution in [0.5, 0.6) is 5.75 Å². The number of aryl methyl sites for hydroxylation is 1. The normalized spacial score (nSPS) is 11.1. The lowest BCUT2D eigenvalue weighted by Gasteiger charge is -2.07. The maximum atomic E-state index is 10.2. The van der Waals surface area contributed by atoms with Crippen LogP contribution in [0.25, 0.3) is 21.5 Å². The van der Waals surface area contributed by atoms with Crippen molar-refractivity contribution in [1.82, 2.24) is 0 Å². The topological polar surface area (TPSA) is 20.2 Å². The fraction of sp³-hybridized carbons (Fsp3) is 0.125. The summed E-state index contributed by atoms with van der Waals surface area (Å²) in [5, 5.41) is 14.6. The number of hydrogen-bond acceptors (Lipinski definition) is 1. The Balaban J connectivity index is 2.44. The fourth-order valence-electron chi connectivity index (χ4n) is 2.33. The lowest BCUT2D eigenvalue weighted by atomic mass is 10.00. The molecule has 1 heteroatoms. The summed E-state index contributed by atoms with van der Waals surface area (Å²) >= 11 is 0. The van der Waals surface area contributed by atoms with E-state index in [1.54, 1.807) is 0 Å². The molecule has 84 valence electrons. The second-order valence-corrected chi connectivity index (χ2v) is 4.35. The van der Waals surface area contributed by atoms with Gasteiger partial charge in [0.2, 0.25) is 0 Å². The van der Waals surface area contributed by atoms with E-state index in [0.717, 1.165) is 22.8 Å². The zero-order chi connectivity index (χ0) is 11.8. The maximum absolute atomic E-state index is 10.2. The molecule has 1 nitrogen and oxygen atoms in total. The molecule has 1 N–H and O–H groups in total. The Morgan fingerprint density at radius 3 is 2.29 bits per heavy atom. The molecule has 0 saturated carbocycles. The zero-order valence-corrected chi connectivity index (χ0v) is 9.77. The highest BCUT2D eigenvalue weighted by molar-refractivity contribution is 6.01. The molecule has 0 heterocycles. The third kappa shape index (κ3) is 1.55. The summed E-state index contributed by atoms with van der Waals surface area (Å²) in [6, 6.07) is 16.5. The predicted octanol–water partition coefficient (Wildman–Crippen LogP) is 4.26. The molecule has 0 aromatic heterocycles. The monoisotopic (exact) mass is 222 g/mol. The van der Waals surface area contributed by atoms with Crippen molar-refractivity contribution < 1.29 is 5.11 Å². The first-order chi connectivity index (χ1) is 8.29. The van der Waals surface area contributed by atoms with E-state index in [2.05, 4.69) is 37.3 Å². The van der Waals surface area contributed by atoms with Gasteiger partial charge in [-0.1, -0.05) is 43.3 Å². The van der Waals surface area contributed by atoms with Crippen LogP contribution >= 0.6 is 0 Å². The lowest BCUT2D eigenvalue weighted by Crippen LogP contribution is -1.84. The minimum atomic E-state index is 0.427. The lowest BCUT2D eigenvalue weighted by molar-refractivity contribution is 0.475. The predicted molar refractivity (Wildman–Crippen MR) is 72.5 cm³/mol. The smallest absolute Gasteiger partial charge is 0.126 e. The van der Waals surface area contributed by atoms with Crippen LogP contribution in [-0.4, -0.2) is 5.11 Å². The largest absolute Gasteiger partial charge is 0.507 e. The van der Waals surface area contributed by atoms with Crippen molar-refractivity contribution in [2.24, 2.45) is 0 Å². The van der Waals surface area contributed by atoms with Crippen LogP contribution in [0.4, 0.5) is 0 Å². The van der Waals surface area contributed by atoms with Crippen molar-refractivity contribution in [3.05, 3.63) is 54.1 Å². The molecule has 0 atom stereocenters. The van der Waals surface area contributed by atoms with Gasteiger partial charge in [0.1, 0.15) is 5.75 Å². The van der Waals surface area contributed by atoms with Crippen molar-refractivity contribution in [1.29, 1.82) is 0 Å². The second-order valence-electron chi connectivity index (χ2n) is 4.35. The van der Waals surface area contributed by atoms with Gasteiger partial charge in [-0.15, -0.1) is 0 Å². The van der Waals surface area contributed by atoms with Gasteiger partial charge in [-0.3, -0.25) is 0 Å². The SMILES string of the molecule is CCc1ccc2cc3ccccc3cc2c1O. The van der Waals surface area contributed by atoms with Crippen LogP contribution < -0.4 is 0 Å². The molecule has 3 aromatic rings. The number of phenols is 1. The van der Waals surface area contributed by atoms with Gasteiger partial charge in [-0.2, -0.15) is 0 Å². The molecule has 3 rings (SSSR count).